The van der Waals surface area contributed by atoms with Crippen LogP contribution in [-0.2, 0) is 14.7 Å². The fourth-order valence-corrected chi connectivity index (χ4v) is 2.06. The van der Waals surface area contributed by atoms with Crippen LogP contribution in [0.2, 0.25) is 0 Å². The van der Waals surface area contributed by atoms with Crippen LogP contribution in [0, 0.1) is 0 Å². The zero-order chi connectivity index (χ0) is 15.9. The minimum atomic E-state index is -1.47. The molecule has 3 amide bonds. The molecule has 7 nitrogen and oxygen atoms in total. The summed E-state index contributed by atoms with van der Waals surface area (Å²) in [5.74, 6) is -0.619. The van der Waals surface area contributed by atoms with E-state index in [9.17, 15) is 14.8 Å². The number of amides is 3. The van der Waals surface area contributed by atoms with Gasteiger partial charge in [-0.05, 0) is 48.5 Å². The molecular formula is C13H24N3O4. The van der Waals surface area contributed by atoms with Gasteiger partial charge in [-0.2, -0.15) is 0 Å². The van der Waals surface area contributed by atoms with Crippen LogP contribution in [0.15, 0.2) is 0 Å². The lowest BCUT2D eigenvalue weighted by atomic mass is 9.94. The summed E-state index contributed by atoms with van der Waals surface area (Å²) in [6.07, 6.45) is -1.09. The number of rotatable bonds is 2. The molecular weight excluding hydrogens is 262 g/mol. The smallest absolute Gasteiger partial charge is 0.322 e. The molecule has 2 atom stereocenters. The minimum Gasteiger partial charge on any atom is -0.356 e. The summed E-state index contributed by atoms with van der Waals surface area (Å²) < 4.78 is 5.79. The number of carbonyl (C=O) groups excluding carboxylic acids is 2. The zero-order valence-electron chi connectivity index (χ0n) is 13.2. The second-order valence-electron chi connectivity index (χ2n) is 7.15. The summed E-state index contributed by atoms with van der Waals surface area (Å²) in [4.78, 5) is 23.7. The van der Waals surface area contributed by atoms with E-state index in [1.807, 2.05) is 0 Å². The van der Waals surface area contributed by atoms with Crippen molar-refractivity contribution in [2.45, 2.75) is 71.4 Å². The molecule has 1 saturated heterocycles. The molecule has 1 radical (unpaired) electrons. The van der Waals surface area contributed by atoms with E-state index in [0.29, 0.717) is 5.06 Å². The lowest BCUT2D eigenvalue weighted by Crippen LogP contribution is -2.75. The monoisotopic (exact) mass is 286 g/mol. The Morgan fingerprint density at radius 2 is 1.65 bits per heavy atom. The van der Waals surface area contributed by atoms with Crippen LogP contribution in [-0.4, -0.2) is 39.9 Å². The number of hydrogen-bond acceptors (Lipinski definition) is 4. The molecule has 0 saturated carbocycles. The molecule has 0 aromatic heterocycles. The summed E-state index contributed by atoms with van der Waals surface area (Å²) in [6.45, 7) is 12.0. The van der Waals surface area contributed by atoms with Crippen LogP contribution in [0.1, 0.15) is 48.5 Å². The zero-order valence-corrected chi connectivity index (χ0v) is 13.2. The highest BCUT2D eigenvalue weighted by Gasteiger charge is 2.54. The number of hydroxylamine groups is 2. The fraction of sp³-hybridized carbons (Fsp3) is 0.846. The van der Waals surface area contributed by atoms with Gasteiger partial charge in [-0.25, -0.2) is 4.79 Å². The number of carbonyl (C=O) groups is 2. The van der Waals surface area contributed by atoms with Gasteiger partial charge >= 0.3 is 6.03 Å². The number of imide groups is 1. The molecule has 0 aromatic carbocycles. The number of ether oxygens (including phenoxy) is 1. The maximum atomic E-state index is 12.5. The SMILES string of the molecule is CC(C)(C)OC1(C)C(=O)NC(=O)NC1N([O])C(C)(C)C. The maximum absolute atomic E-state index is 12.5. The van der Waals surface area contributed by atoms with Gasteiger partial charge in [0, 0.05) is 5.54 Å². The van der Waals surface area contributed by atoms with Gasteiger partial charge in [0.25, 0.3) is 5.91 Å². The Hall–Kier alpha value is -1.18. The average Bonchev–Trinajstić information content (AvgIpc) is 2.19. The molecule has 7 heteroatoms. The van der Waals surface area contributed by atoms with E-state index in [4.69, 9.17) is 4.74 Å². The van der Waals surface area contributed by atoms with E-state index < -0.39 is 34.8 Å². The third-order valence-corrected chi connectivity index (χ3v) is 2.88. The predicted molar refractivity (Wildman–Crippen MR) is 72.0 cm³/mol. The first-order valence-electron chi connectivity index (χ1n) is 6.56. The molecule has 0 aromatic rings. The number of nitrogens with zero attached hydrogens (tertiary/aromatic N) is 1. The van der Waals surface area contributed by atoms with Crippen molar-refractivity contribution in [3.05, 3.63) is 0 Å². The first-order chi connectivity index (χ1) is 8.77. The normalized spacial score (nSPS) is 28.4. The molecule has 2 N–H and O–H groups in total. The molecule has 0 aliphatic carbocycles. The van der Waals surface area contributed by atoms with Crippen molar-refractivity contribution in [3.8, 4) is 0 Å². The van der Waals surface area contributed by atoms with Crippen molar-refractivity contribution in [1.82, 2.24) is 15.7 Å². The summed E-state index contributed by atoms with van der Waals surface area (Å²) in [6, 6.07) is -0.694. The largest absolute Gasteiger partial charge is 0.356 e. The van der Waals surface area contributed by atoms with Crippen LogP contribution >= 0.6 is 0 Å². The Morgan fingerprint density at radius 1 is 1.15 bits per heavy atom. The van der Waals surface area contributed by atoms with Crippen molar-refractivity contribution < 1.29 is 19.5 Å². The summed E-state index contributed by atoms with van der Waals surface area (Å²) in [5.41, 5.74) is -2.90. The lowest BCUT2D eigenvalue weighted by Gasteiger charge is -2.47. The highest BCUT2D eigenvalue weighted by atomic mass is 16.6. The van der Waals surface area contributed by atoms with E-state index in [-0.39, 0.29) is 0 Å². The van der Waals surface area contributed by atoms with Gasteiger partial charge in [0.05, 0.1) is 5.60 Å². The average molecular weight is 286 g/mol. The quantitative estimate of drug-likeness (QED) is 0.746. The van der Waals surface area contributed by atoms with E-state index in [1.165, 1.54) is 6.92 Å². The van der Waals surface area contributed by atoms with E-state index in [0.717, 1.165) is 0 Å². The van der Waals surface area contributed by atoms with E-state index in [2.05, 4.69) is 10.6 Å². The topological polar surface area (TPSA) is 90.6 Å². The molecule has 1 aliphatic rings. The molecule has 1 aliphatic heterocycles. The molecule has 1 rings (SSSR count). The Bertz CT molecular complexity index is 411. The van der Waals surface area contributed by atoms with Crippen molar-refractivity contribution in [3.63, 3.8) is 0 Å². The molecule has 20 heavy (non-hydrogen) atoms. The number of urea groups is 1. The highest BCUT2D eigenvalue weighted by Crippen LogP contribution is 2.30. The Labute approximate surface area is 119 Å². The van der Waals surface area contributed by atoms with Crippen LogP contribution in [0.25, 0.3) is 0 Å². The van der Waals surface area contributed by atoms with Gasteiger partial charge < -0.3 is 10.1 Å². The van der Waals surface area contributed by atoms with E-state index in [1.54, 1.807) is 41.5 Å². The second-order valence-corrected chi connectivity index (χ2v) is 7.15. The van der Waals surface area contributed by atoms with Crippen LogP contribution in [0.3, 0.4) is 0 Å². The second kappa shape index (κ2) is 4.98. The van der Waals surface area contributed by atoms with Gasteiger partial charge in [0.1, 0.15) is 6.17 Å². The Morgan fingerprint density at radius 3 is 2.05 bits per heavy atom. The van der Waals surface area contributed by atoms with Crippen LogP contribution in [0.5, 0.6) is 0 Å². The summed E-state index contributed by atoms with van der Waals surface area (Å²) >= 11 is 0. The summed E-state index contributed by atoms with van der Waals surface area (Å²) in [7, 11) is 0. The van der Waals surface area contributed by atoms with Gasteiger partial charge in [-0.3, -0.25) is 10.1 Å². The number of nitrogens with one attached hydrogen (secondary N) is 2. The maximum Gasteiger partial charge on any atom is 0.322 e. The first-order valence-corrected chi connectivity index (χ1v) is 6.56. The molecule has 0 spiro atoms. The Kier molecular flexibility index (Phi) is 4.20. The van der Waals surface area contributed by atoms with Crippen molar-refractivity contribution >= 4 is 11.9 Å². The molecule has 2 unspecified atom stereocenters. The van der Waals surface area contributed by atoms with E-state index >= 15 is 0 Å². The first kappa shape index (κ1) is 16.9. The van der Waals surface area contributed by atoms with Gasteiger partial charge in [-0.15, -0.1) is 10.3 Å². The molecule has 0 bridgehead atoms. The third kappa shape index (κ3) is 3.47. The van der Waals surface area contributed by atoms with Crippen LogP contribution in [0.4, 0.5) is 4.79 Å². The van der Waals surface area contributed by atoms with Crippen molar-refractivity contribution in [2.75, 3.05) is 0 Å². The number of hydrogen-bond donors (Lipinski definition) is 2. The van der Waals surface area contributed by atoms with Gasteiger partial charge in [-0.1, -0.05) is 0 Å². The van der Waals surface area contributed by atoms with Gasteiger partial charge in [0.2, 0.25) is 0 Å². The predicted octanol–water partition coefficient (Wildman–Crippen LogP) is 1.17. The third-order valence-electron chi connectivity index (χ3n) is 2.88. The molecule has 1 heterocycles. The standard InChI is InChI=1S/C13H24N3O4/c1-11(2,3)16(19)8-13(7,20-12(4,5)6)9(17)15-10(18)14-8/h8H,1-7H3,(H2,14,15,17,18). The molecule has 1 fully saturated rings. The minimum absolute atomic E-state index is 0.619. The lowest BCUT2D eigenvalue weighted by molar-refractivity contribution is -0.288. The fourth-order valence-electron chi connectivity index (χ4n) is 2.06. The van der Waals surface area contributed by atoms with Crippen LogP contribution < -0.4 is 10.6 Å². The summed E-state index contributed by atoms with van der Waals surface area (Å²) in [5, 5.41) is 17.8. The highest BCUT2D eigenvalue weighted by molar-refractivity contribution is 6.02. The van der Waals surface area contributed by atoms with Crippen molar-refractivity contribution in [1.29, 1.82) is 0 Å². The molecule has 115 valence electrons. The Balaban J connectivity index is 3.19. The van der Waals surface area contributed by atoms with Crippen molar-refractivity contribution in [2.24, 2.45) is 0 Å². The van der Waals surface area contributed by atoms with Gasteiger partial charge in [0.15, 0.2) is 5.60 Å².